The molecule has 0 aromatic rings. The van der Waals surface area contributed by atoms with Crippen molar-refractivity contribution in [3.05, 3.63) is 0 Å². The summed E-state index contributed by atoms with van der Waals surface area (Å²) in [6, 6.07) is 0. The molecule has 24 heavy (non-hydrogen) atoms. The van der Waals surface area contributed by atoms with Gasteiger partial charge in [0.05, 0.1) is 6.10 Å². The van der Waals surface area contributed by atoms with Gasteiger partial charge in [-0.3, -0.25) is 4.99 Å². The van der Waals surface area contributed by atoms with Crippen LogP contribution in [0.2, 0.25) is 0 Å². The Kier molecular flexibility index (Phi) is 9.06. The lowest BCUT2D eigenvalue weighted by molar-refractivity contribution is 0.0205. The van der Waals surface area contributed by atoms with E-state index in [2.05, 4.69) is 43.3 Å². The standard InChI is InChI=1S/C19H39N3O2/c1-7-24-13-12-19(10-8-9-11-19)15-22-17(20-5)21-14-16(23-6)18(2,3)4/h16H,7-15H2,1-6H3,(H2,20,21,22). The first-order valence-electron chi connectivity index (χ1n) is 9.42. The zero-order chi connectivity index (χ0) is 18.1. The number of aliphatic imine (C=N–C) groups is 1. The van der Waals surface area contributed by atoms with E-state index in [4.69, 9.17) is 9.47 Å². The maximum atomic E-state index is 5.61. The van der Waals surface area contributed by atoms with E-state index in [1.165, 1.54) is 25.7 Å². The number of guanidine groups is 1. The topological polar surface area (TPSA) is 54.9 Å². The lowest BCUT2D eigenvalue weighted by Crippen LogP contribution is -2.47. The second kappa shape index (κ2) is 10.2. The van der Waals surface area contributed by atoms with Crippen molar-refractivity contribution >= 4 is 5.96 Å². The normalized spacial score (nSPS) is 19.3. The van der Waals surface area contributed by atoms with Crippen LogP contribution in [0, 0.1) is 10.8 Å². The summed E-state index contributed by atoms with van der Waals surface area (Å²) in [4.78, 5) is 4.37. The molecule has 0 bridgehead atoms. The Morgan fingerprint density at radius 2 is 1.88 bits per heavy atom. The van der Waals surface area contributed by atoms with Crippen LogP contribution in [0.4, 0.5) is 0 Å². The smallest absolute Gasteiger partial charge is 0.191 e. The third-order valence-electron chi connectivity index (χ3n) is 5.20. The van der Waals surface area contributed by atoms with Crippen molar-refractivity contribution in [2.75, 3.05) is 40.5 Å². The molecule has 2 N–H and O–H groups in total. The molecule has 1 fully saturated rings. The molecule has 5 nitrogen and oxygen atoms in total. The van der Waals surface area contributed by atoms with Gasteiger partial charge in [0.25, 0.3) is 0 Å². The molecular formula is C19H39N3O2. The zero-order valence-corrected chi connectivity index (χ0v) is 16.7. The fourth-order valence-corrected chi connectivity index (χ4v) is 3.50. The van der Waals surface area contributed by atoms with E-state index in [9.17, 15) is 0 Å². The molecule has 0 saturated heterocycles. The van der Waals surface area contributed by atoms with Crippen LogP contribution in [-0.4, -0.2) is 52.5 Å². The van der Waals surface area contributed by atoms with Gasteiger partial charge in [0, 0.05) is 40.5 Å². The maximum Gasteiger partial charge on any atom is 0.191 e. The lowest BCUT2D eigenvalue weighted by Gasteiger charge is -2.32. The van der Waals surface area contributed by atoms with Gasteiger partial charge in [0.15, 0.2) is 5.96 Å². The fraction of sp³-hybridized carbons (Fsp3) is 0.947. The second-order valence-electron chi connectivity index (χ2n) is 8.05. The van der Waals surface area contributed by atoms with Crippen molar-refractivity contribution in [3.8, 4) is 0 Å². The first-order chi connectivity index (χ1) is 11.4. The van der Waals surface area contributed by atoms with E-state index in [1.807, 2.05) is 7.05 Å². The molecule has 1 saturated carbocycles. The molecule has 0 amide bonds. The first kappa shape index (κ1) is 21.2. The third kappa shape index (κ3) is 6.98. The van der Waals surface area contributed by atoms with Crippen LogP contribution in [-0.2, 0) is 9.47 Å². The van der Waals surface area contributed by atoms with Gasteiger partial charge in [-0.2, -0.15) is 0 Å². The highest BCUT2D eigenvalue weighted by atomic mass is 16.5. The minimum Gasteiger partial charge on any atom is -0.382 e. The summed E-state index contributed by atoms with van der Waals surface area (Å²) in [7, 11) is 3.60. The minimum atomic E-state index is 0.102. The molecule has 0 radical (unpaired) electrons. The second-order valence-corrected chi connectivity index (χ2v) is 8.05. The minimum absolute atomic E-state index is 0.102. The molecule has 1 unspecified atom stereocenters. The van der Waals surface area contributed by atoms with Gasteiger partial charge in [0.1, 0.15) is 0 Å². The Morgan fingerprint density at radius 3 is 2.38 bits per heavy atom. The van der Waals surface area contributed by atoms with Gasteiger partial charge in [0.2, 0.25) is 0 Å². The molecule has 1 rings (SSSR count). The Hall–Kier alpha value is -0.810. The fourth-order valence-electron chi connectivity index (χ4n) is 3.50. The average molecular weight is 342 g/mol. The van der Waals surface area contributed by atoms with Crippen LogP contribution < -0.4 is 10.6 Å². The number of methoxy groups -OCH3 is 1. The Morgan fingerprint density at radius 1 is 1.21 bits per heavy atom. The number of ether oxygens (including phenoxy) is 2. The molecule has 5 heteroatoms. The molecule has 1 atom stereocenters. The van der Waals surface area contributed by atoms with E-state index in [0.717, 1.165) is 38.7 Å². The van der Waals surface area contributed by atoms with E-state index < -0.39 is 0 Å². The molecule has 1 aliphatic carbocycles. The van der Waals surface area contributed by atoms with Crippen LogP contribution in [0.1, 0.15) is 59.8 Å². The zero-order valence-electron chi connectivity index (χ0n) is 16.7. The molecule has 0 aliphatic heterocycles. The van der Waals surface area contributed by atoms with Crippen molar-refractivity contribution in [1.29, 1.82) is 0 Å². The Balaban J connectivity index is 2.49. The molecule has 0 aromatic heterocycles. The number of hydrogen-bond acceptors (Lipinski definition) is 3. The van der Waals surface area contributed by atoms with Crippen molar-refractivity contribution < 1.29 is 9.47 Å². The summed E-state index contributed by atoms with van der Waals surface area (Å²) >= 11 is 0. The van der Waals surface area contributed by atoms with Crippen molar-refractivity contribution in [2.24, 2.45) is 15.8 Å². The molecule has 0 spiro atoms. The van der Waals surface area contributed by atoms with E-state index >= 15 is 0 Å². The highest BCUT2D eigenvalue weighted by molar-refractivity contribution is 5.79. The van der Waals surface area contributed by atoms with Gasteiger partial charge >= 0.3 is 0 Å². The third-order valence-corrected chi connectivity index (χ3v) is 5.20. The summed E-state index contributed by atoms with van der Waals surface area (Å²) in [6.07, 6.45) is 6.51. The predicted octanol–water partition coefficient (Wildman–Crippen LogP) is 3.20. The summed E-state index contributed by atoms with van der Waals surface area (Å²) < 4.78 is 11.2. The monoisotopic (exact) mass is 341 g/mol. The lowest BCUT2D eigenvalue weighted by atomic mass is 9.83. The Labute approximate surface area is 149 Å². The van der Waals surface area contributed by atoms with Crippen molar-refractivity contribution in [1.82, 2.24) is 10.6 Å². The molecule has 0 heterocycles. The van der Waals surface area contributed by atoms with Crippen LogP contribution in [0.3, 0.4) is 0 Å². The van der Waals surface area contributed by atoms with Crippen LogP contribution >= 0.6 is 0 Å². The van der Waals surface area contributed by atoms with E-state index in [0.29, 0.717) is 5.41 Å². The van der Waals surface area contributed by atoms with Crippen LogP contribution in [0.25, 0.3) is 0 Å². The van der Waals surface area contributed by atoms with E-state index in [1.54, 1.807) is 7.11 Å². The molecular weight excluding hydrogens is 302 g/mol. The van der Waals surface area contributed by atoms with Crippen LogP contribution in [0.5, 0.6) is 0 Å². The molecule has 0 aromatic carbocycles. The summed E-state index contributed by atoms with van der Waals surface area (Å²) in [5.74, 6) is 0.865. The SMILES string of the molecule is CCOCCC1(CNC(=NC)NCC(OC)C(C)(C)C)CCCC1. The maximum absolute atomic E-state index is 5.61. The predicted molar refractivity (Wildman–Crippen MR) is 102 cm³/mol. The number of nitrogens with one attached hydrogen (secondary N) is 2. The molecule has 142 valence electrons. The van der Waals surface area contributed by atoms with Crippen molar-refractivity contribution in [2.45, 2.75) is 65.9 Å². The average Bonchev–Trinajstić information content (AvgIpc) is 2.99. The van der Waals surface area contributed by atoms with Gasteiger partial charge in [-0.05, 0) is 37.0 Å². The van der Waals surface area contributed by atoms with Crippen LogP contribution in [0.15, 0.2) is 4.99 Å². The van der Waals surface area contributed by atoms with Crippen molar-refractivity contribution in [3.63, 3.8) is 0 Å². The first-order valence-corrected chi connectivity index (χ1v) is 9.42. The van der Waals surface area contributed by atoms with Gasteiger partial charge in [-0.25, -0.2) is 0 Å². The van der Waals surface area contributed by atoms with Gasteiger partial charge in [-0.15, -0.1) is 0 Å². The van der Waals surface area contributed by atoms with E-state index in [-0.39, 0.29) is 11.5 Å². The largest absolute Gasteiger partial charge is 0.382 e. The summed E-state index contributed by atoms with van der Waals surface area (Å²) in [5.41, 5.74) is 0.461. The number of nitrogens with zero attached hydrogens (tertiary/aromatic N) is 1. The Bertz CT molecular complexity index is 371. The summed E-state index contributed by atoms with van der Waals surface area (Å²) in [6.45, 7) is 12.0. The highest BCUT2D eigenvalue weighted by Gasteiger charge is 2.33. The van der Waals surface area contributed by atoms with Gasteiger partial charge in [-0.1, -0.05) is 33.6 Å². The quantitative estimate of drug-likeness (QED) is 0.384. The molecule has 1 aliphatic rings. The highest BCUT2D eigenvalue weighted by Crippen LogP contribution is 2.40. The number of hydrogen-bond donors (Lipinski definition) is 2. The summed E-state index contributed by atoms with van der Waals surface area (Å²) in [5, 5.41) is 6.96. The number of rotatable bonds is 9. The van der Waals surface area contributed by atoms with Gasteiger partial charge < -0.3 is 20.1 Å².